The number of ether oxygens (including phenoxy) is 3. The van der Waals surface area contributed by atoms with E-state index in [9.17, 15) is 13.6 Å². The standard InChI is InChI=1S/C24H19BrF2O4/c1-29-22-12-10-16(13-18(22)15-30-23-8-3-2-7-20(23)25)9-11-21(28)17-5-4-6-19(14-17)31-24(26)27/h2-14,24H,15H2,1H3/b11-9+. The molecule has 0 fully saturated rings. The van der Waals surface area contributed by atoms with E-state index in [0.29, 0.717) is 11.5 Å². The molecular weight excluding hydrogens is 470 g/mol. The van der Waals surface area contributed by atoms with Crippen LogP contribution in [0.25, 0.3) is 6.08 Å². The maximum Gasteiger partial charge on any atom is 0.387 e. The molecule has 31 heavy (non-hydrogen) atoms. The van der Waals surface area contributed by atoms with Gasteiger partial charge in [0.25, 0.3) is 0 Å². The number of carbonyl (C=O) groups excluding carboxylic acids is 1. The lowest BCUT2D eigenvalue weighted by molar-refractivity contribution is -0.0498. The smallest absolute Gasteiger partial charge is 0.387 e. The SMILES string of the molecule is COc1ccc(/C=C/C(=O)c2cccc(OC(F)F)c2)cc1COc1ccccc1Br. The zero-order valence-electron chi connectivity index (χ0n) is 16.6. The molecule has 0 radical (unpaired) electrons. The molecule has 160 valence electrons. The van der Waals surface area contributed by atoms with Crippen molar-refractivity contribution in [2.45, 2.75) is 13.2 Å². The summed E-state index contributed by atoms with van der Waals surface area (Å²) in [5, 5.41) is 0. The first-order valence-electron chi connectivity index (χ1n) is 9.28. The quantitative estimate of drug-likeness (QED) is 0.253. The monoisotopic (exact) mass is 488 g/mol. The predicted molar refractivity (Wildman–Crippen MR) is 118 cm³/mol. The average molecular weight is 489 g/mol. The lowest BCUT2D eigenvalue weighted by Crippen LogP contribution is -2.03. The van der Waals surface area contributed by atoms with E-state index in [1.54, 1.807) is 25.3 Å². The molecule has 0 atom stereocenters. The fourth-order valence-electron chi connectivity index (χ4n) is 2.83. The van der Waals surface area contributed by atoms with Crippen molar-refractivity contribution in [1.82, 2.24) is 0 Å². The minimum Gasteiger partial charge on any atom is -0.496 e. The molecule has 0 saturated carbocycles. The predicted octanol–water partition coefficient (Wildman–Crippen LogP) is 6.53. The first-order chi connectivity index (χ1) is 15.0. The number of para-hydroxylation sites is 1. The van der Waals surface area contributed by atoms with E-state index in [-0.39, 0.29) is 23.7 Å². The Bertz CT molecular complexity index is 1080. The number of methoxy groups -OCH3 is 1. The Morgan fingerprint density at radius 1 is 1.03 bits per heavy atom. The average Bonchev–Trinajstić information content (AvgIpc) is 2.76. The third-order valence-electron chi connectivity index (χ3n) is 4.30. The van der Waals surface area contributed by atoms with Gasteiger partial charge in [0.15, 0.2) is 5.78 Å². The van der Waals surface area contributed by atoms with Crippen LogP contribution in [0.5, 0.6) is 17.2 Å². The molecule has 0 heterocycles. The first kappa shape index (κ1) is 22.5. The third-order valence-corrected chi connectivity index (χ3v) is 4.95. The molecule has 0 saturated heterocycles. The summed E-state index contributed by atoms with van der Waals surface area (Å²) in [7, 11) is 1.57. The highest BCUT2D eigenvalue weighted by Crippen LogP contribution is 2.27. The minimum absolute atomic E-state index is 0.0646. The van der Waals surface area contributed by atoms with Crippen LogP contribution in [-0.2, 0) is 6.61 Å². The molecule has 0 aliphatic carbocycles. The number of carbonyl (C=O) groups is 1. The molecule has 0 bridgehead atoms. The Balaban J connectivity index is 1.74. The van der Waals surface area contributed by atoms with E-state index >= 15 is 0 Å². The molecule has 3 rings (SSSR count). The highest BCUT2D eigenvalue weighted by Gasteiger charge is 2.09. The number of ketones is 1. The topological polar surface area (TPSA) is 44.8 Å². The van der Waals surface area contributed by atoms with E-state index in [1.165, 1.54) is 30.3 Å². The van der Waals surface area contributed by atoms with E-state index in [2.05, 4.69) is 20.7 Å². The number of hydrogen-bond donors (Lipinski definition) is 0. The molecule has 0 amide bonds. The van der Waals surface area contributed by atoms with E-state index in [4.69, 9.17) is 9.47 Å². The molecule has 0 N–H and O–H groups in total. The summed E-state index contributed by atoms with van der Waals surface area (Å²) in [5.74, 6) is 0.964. The van der Waals surface area contributed by atoms with Crippen LogP contribution in [-0.4, -0.2) is 19.5 Å². The molecule has 7 heteroatoms. The fraction of sp³-hybridized carbons (Fsp3) is 0.125. The number of hydrogen-bond acceptors (Lipinski definition) is 4. The van der Waals surface area contributed by atoms with Gasteiger partial charge in [0.2, 0.25) is 0 Å². The van der Waals surface area contributed by atoms with Crippen LogP contribution in [0.15, 0.2) is 77.3 Å². The van der Waals surface area contributed by atoms with Crippen LogP contribution >= 0.6 is 15.9 Å². The summed E-state index contributed by atoms with van der Waals surface area (Å²) in [4.78, 5) is 12.4. The van der Waals surface area contributed by atoms with Gasteiger partial charge in [0.1, 0.15) is 23.9 Å². The first-order valence-corrected chi connectivity index (χ1v) is 10.1. The van der Waals surface area contributed by atoms with Gasteiger partial charge in [-0.15, -0.1) is 0 Å². The van der Waals surface area contributed by atoms with Crippen LogP contribution in [0.1, 0.15) is 21.5 Å². The van der Waals surface area contributed by atoms with Crippen molar-refractivity contribution in [3.8, 4) is 17.2 Å². The summed E-state index contributed by atoms with van der Waals surface area (Å²) in [6, 6.07) is 18.6. The lowest BCUT2D eigenvalue weighted by Gasteiger charge is -2.12. The van der Waals surface area contributed by atoms with Crippen LogP contribution in [0.3, 0.4) is 0 Å². The number of halogens is 3. The summed E-state index contributed by atoms with van der Waals surface area (Å²) >= 11 is 3.45. The van der Waals surface area contributed by atoms with Crippen LogP contribution in [0.2, 0.25) is 0 Å². The number of benzene rings is 3. The zero-order valence-corrected chi connectivity index (χ0v) is 18.1. The molecule has 0 aliphatic rings. The number of rotatable bonds is 9. The molecule has 4 nitrogen and oxygen atoms in total. The fourth-order valence-corrected chi connectivity index (χ4v) is 3.23. The Kier molecular flexibility index (Phi) is 7.78. The maximum absolute atomic E-state index is 12.4. The van der Waals surface area contributed by atoms with E-state index in [1.807, 2.05) is 30.3 Å². The van der Waals surface area contributed by atoms with Crippen LogP contribution in [0.4, 0.5) is 8.78 Å². The van der Waals surface area contributed by atoms with Gasteiger partial charge < -0.3 is 14.2 Å². The van der Waals surface area contributed by atoms with Crippen molar-refractivity contribution in [3.63, 3.8) is 0 Å². The van der Waals surface area contributed by atoms with Gasteiger partial charge in [-0.3, -0.25) is 4.79 Å². The largest absolute Gasteiger partial charge is 0.496 e. The van der Waals surface area contributed by atoms with Gasteiger partial charge in [0, 0.05) is 11.1 Å². The Morgan fingerprint density at radius 2 is 1.84 bits per heavy atom. The molecule has 0 aromatic heterocycles. The van der Waals surface area contributed by atoms with Crippen LogP contribution in [0, 0.1) is 0 Å². The molecule has 0 aliphatic heterocycles. The second kappa shape index (κ2) is 10.7. The van der Waals surface area contributed by atoms with Crippen molar-refractivity contribution in [2.75, 3.05) is 7.11 Å². The van der Waals surface area contributed by atoms with Crippen molar-refractivity contribution in [2.24, 2.45) is 0 Å². The molecule has 0 spiro atoms. The second-order valence-corrected chi connectivity index (χ2v) is 7.25. The van der Waals surface area contributed by atoms with Gasteiger partial charge in [0.05, 0.1) is 11.6 Å². The van der Waals surface area contributed by atoms with E-state index < -0.39 is 6.61 Å². The van der Waals surface area contributed by atoms with Crippen molar-refractivity contribution >= 4 is 27.8 Å². The normalized spacial score (nSPS) is 11.0. The molecule has 3 aromatic carbocycles. The Hall–Kier alpha value is -3.19. The van der Waals surface area contributed by atoms with E-state index in [0.717, 1.165) is 15.6 Å². The number of alkyl halides is 2. The Labute approximate surface area is 187 Å². The molecule has 0 unspecified atom stereocenters. The summed E-state index contributed by atoms with van der Waals surface area (Å²) in [5.41, 5.74) is 1.82. The van der Waals surface area contributed by atoms with Crippen LogP contribution < -0.4 is 14.2 Å². The third kappa shape index (κ3) is 6.39. The van der Waals surface area contributed by atoms with Gasteiger partial charge >= 0.3 is 6.61 Å². The Morgan fingerprint density at radius 3 is 2.58 bits per heavy atom. The highest BCUT2D eigenvalue weighted by atomic mass is 79.9. The van der Waals surface area contributed by atoms with Gasteiger partial charge in [-0.05, 0) is 64.0 Å². The summed E-state index contributed by atoms with van der Waals surface area (Å²) < 4.78 is 41.2. The van der Waals surface area contributed by atoms with Gasteiger partial charge in [-0.25, -0.2) is 0 Å². The lowest BCUT2D eigenvalue weighted by atomic mass is 10.1. The maximum atomic E-state index is 12.4. The van der Waals surface area contributed by atoms with Crippen molar-refractivity contribution in [3.05, 3.63) is 94.0 Å². The summed E-state index contributed by atoms with van der Waals surface area (Å²) in [6.45, 7) is -2.67. The van der Waals surface area contributed by atoms with Gasteiger partial charge in [-0.1, -0.05) is 36.4 Å². The number of allylic oxidation sites excluding steroid dienone is 1. The second-order valence-electron chi connectivity index (χ2n) is 6.39. The van der Waals surface area contributed by atoms with Crippen molar-refractivity contribution < 1.29 is 27.8 Å². The molecular formula is C24H19BrF2O4. The summed E-state index contributed by atoms with van der Waals surface area (Å²) in [6.07, 6.45) is 3.02. The van der Waals surface area contributed by atoms with Crippen molar-refractivity contribution in [1.29, 1.82) is 0 Å². The minimum atomic E-state index is -2.95. The van der Waals surface area contributed by atoms with Gasteiger partial charge in [-0.2, -0.15) is 8.78 Å². The molecule has 3 aromatic rings. The zero-order chi connectivity index (χ0) is 22.2. The highest BCUT2D eigenvalue weighted by molar-refractivity contribution is 9.10.